The SMILES string of the molecule is Cc1ccc(C(C)NC2CC(C)(C)NC(C)(C)C2)c(O)c1. The van der Waals surface area contributed by atoms with Crippen molar-refractivity contribution in [3.8, 4) is 5.75 Å². The molecule has 0 amide bonds. The van der Waals surface area contributed by atoms with Crippen LogP contribution >= 0.6 is 0 Å². The number of benzene rings is 1. The van der Waals surface area contributed by atoms with Gasteiger partial charge in [0.2, 0.25) is 0 Å². The van der Waals surface area contributed by atoms with Crippen LogP contribution < -0.4 is 10.6 Å². The highest BCUT2D eigenvalue weighted by Crippen LogP contribution is 2.31. The number of hydrogen-bond acceptors (Lipinski definition) is 3. The first-order chi connectivity index (χ1) is 9.58. The van der Waals surface area contributed by atoms with Crippen LogP contribution in [0.4, 0.5) is 0 Å². The van der Waals surface area contributed by atoms with Crippen LogP contribution in [0.3, 0.4) is 0 Å². The predicted molar refractivity (Wildman–Crippen MR) is 88.7 cm³/mol. The first-order valence-corrected chi connectivity index (χ1v) is 7.93. The van der Waals surface area contributed by atoms with Gasteiger partial charge < -0.3 is 15.7 Å². The molecule has 0 saturated carbocycles. The fraction of sp³-hybridized carbons (Fsp3) is 0.667. The Morgan fingerprint density at radius 1 is 1.19 bits per heavy atom. The van der Waals surface area contributed by atoms with Crippen LogP contribution in [0.5, 0.6) is 5.75 Å². The zero-order valence-electron chi connectivity index (χ0n) is 14.2. The third-order valence-electron chi connectivity index (χ3n) is 4.33. The van der Waals surface area contributed by atoms with Gasteiger partial charge >= 0.3 is 0 Å². The minimum Gasteiger partial charge on any atom is -0.508 e. The number of phenols is 1. The van der Waals surface area contributed by atoms with Crippen molar-refractivity contribution in [2.45, 2.75) is 77.5 Å². The molecule has 1 aromatic carbocycles. The van der Waals surface area contributed by atoms with E-state index < -0.39 is 0 Å². The fourth-order valence-corrected chi connectivity index (χ4v) is 3.90. The van der Waals surface area contributed by atoms with Gasteiger partial charge in [-0.25, -0.2) is 0 Å². The van der Waals surface area contributed by atoms with Gasteiger partial charge in [0, 0.05) is 28.7 Å². The quantitative estimate of drug-likeness (QED) is 0.796. The number of phenolic OH excluding ortho intramolecular Hbond substituents is 1. The van der Waals surface area contributed by atoms with E-state index in [-0.39, 0.29) is 17.1 Å². The van der Waals surface area contributed by atoms with E-state index >= 15 is 0 Å². The fourth-order valence-electron chi connectivity index (χ4n) is 3.90. The summed E-state index contributed by atoms with van der Waals surface area (Å²) in [5.74, 6) is 0.391. The second-order valence-electron chi connectivity index (χ2n) is 7.95. The second kappa shape index (κ2) is 5.62. The molecule has 1 aromatic rings. The number of nitrogens with one attached hydrogen (secondary N) is 2. The van der Waals surface area contributed by atoms with Crippen molar-refractivity contribution in [2.75, 3.05) is 0 Å². The van der Waals surface area contributed by atoms with Gasteiger partial charge in [-0.3, -0.25) is 0 Å². The number of aromatic hydroxyl groups is 1. The molecule has 0 radical (unpaired) electrons. The highest BCUT2D eigenvalue weighted by molar-refractivity contribution is 5.37. The molecule has 0 spiro atoms. The molecule has 2 rings (SSSR count). The summed E-state index contributed by atoms with van der Waals surface area (Å²) < 4.78 is 0. The van der Waals surface area contributed by atoms with E-state index in [2.05, 4.69) is 51.3 Å². The highest BCUT2D eigenvalue weighted by Gasteiger charge is 2.38. The molecule has 0 aliphatic carbocycles. The van der Waals surface area contributed by atoms with Gasteiger partial charge in [-0.05, 0) is 66.0 Å². The molecule has 0 aromatic heterocycles. The average molecular weight is 290 g/mol. The monoisotopic (exact) mass is 290 g/mol. The molecule has 3 heteroatoms. The number of aryl methyl sites for hydroxylation is 1. The average Bonchev–Trinajstić information content (AvgIpc) is 2.23. The molecule has 1 saturated heterocycles. The van der Waals surface area contributed by atoms with E-state index in [0.717, 1.165) is 24.0 Å². The molecule has 118 valence electrons. The summed E-state index contributed by atoms with van der Waals surface area (Å²) in [4.78, 5) is 0. The number of hydrogen-bond donors (Lipinski definition) is 3. The van der Waals surface area contributed by atoms with Gasteiger partial charge in [0.25, 0.3) is 0 Å². The maximum atomic E-state index is 10.1. The van der Waals surface area contributed by atoms with Crippen molar-refractivity contribution in [1.29, 1.82) is 0 Å². The van der Waals surface area contributed by atoms with Crippen molar-refractivity contribution < 1.29 is 5.11 Å². The lowest BCUT2D eigenvalue weighted by molar-refractivity contribution is 0.140. The van der Waals surface area contributed by atoms with E-state index in [1.165, 1.54) is 0 Å². The molecule has 1 atom stereocenters. The molecule has 21 heavy (non-hydrogen) atoms. The molecule has 3 nitrogen and oxygen atoms in total. The Morgan fingerprint density at radius 2 is 1.76 bits per heavy atom. The number of rotatable bonds is 3. The lowest BCUT2D eigenvalue weighted by Crippen LogP contribution is -2.61. The Morgan fingerprint density at radius 3 is 2.29 bits per heavy atom. The standard InChI is InChI=1S/C18H30N2O/c1-12-7-8-15(16(21)9-12)13(2)19-14-10-17(3,4)20-18(5,6)11-14/h7-9,13-14,19-21H,10-11H2,1-6H3. The van der Waals surface area contributed by atoms with Crippen LogP contribution in [0.25, 0.3) is 0 Å². The number of piperidine rings is 1. The van der Waals surface area contributed by atoms with Crippen LogP contribution in [0.15, 0.2) is 18.2 Å². The van der Waals surface area contributed by atoms with Crippen molar-refractivity contribution >= 4 is 0 Å². The van der Waals surface area contributed by atoms with E-state index in [1.54, 1.807) is 0 Å². The predicted octanol–water partition coefficient (Wildman–Crippen LogP) is 3.66. The largest absolute Gasteiger partial charge is 0.508 e. The highest BCUT2D eigenvalue weighted by atomic mass is 16.3. The first kappa shape index (κ1) is 16.3. The Kier molecular flexibility index (Phi) is 4.36. The molecule has 0 bridgehead atoms. The van der Waals surface area contributed by atoms with Crippen molar-refractivity contribution in [1.82, 2.24) is 10.6 Å². The maximum absolute atomic E-state index is 10.1. The third-order valence-corrected chi connectivity index (χ3v) is 4.33. The van der Waals surface area contributed by atoms with Gasteiger partial charge in [0.15, 0.2) is 0 Å². The van der Waals surface area contributed by atoms with Gasteiger partial charge in [-0.15, -0.1) is 0 Å². The molecular formula is C18H30N2O. The topological polar surface area (TPSA) is 44.3 Å². The molecule has 1 aliphatic rings. The lowest BCUT2D eigenvalue weighted by Gasteiger charge is -2.47. The third kappa shape index (κ3) is 4.21. The first-order valence-electron chi connectivity index (χ1n) is 7.93. The van der Waals surface area contributed by atoms with E-state index in [9.17, 15) is 5.11 Å². The molecule has 3 N–H and O–H groups in total. The normalized spacial score (nSPS) is 23.0. The minimum atomic E-state index is 0.133. The zero-order chi connectivity index (χ0) is 15.8. The Bertz CT molecular complexity index is 492. The zero-order valence-corrected chi connectivity index (χ0v) is 14.2. The molecular weight excluding hydrogens is 260 g/mol. The van der Waals surface area contributed by atoms with E-state index in [4.69, 9.17) is 0 Å². The molecule has 1 aliphatic heterocycles. The smallest absolute Gasteiger partial charge is 0.120 e. The summed E-state index contributed by atoms with van der Waals surface area (Å²) in [5, 5.41) is 17.6. The summed E-state index contributed by atoms with van der Waals surface area (Å²) in [6.45, 7) is 13.2. The van der Waals surface area contributed by atoms with Gasteiger partial charge in [0.05, 0.1) is 0 Å². The van der Waals surface area contributed by atoms with Crippen molar-refractivity contribution in [3.05, 3.63) is 29.3 Å². The molecule has 1 unspecified atom stereocenters. The summed E-state index contributed by atoms with van der Waals surface area (Å²) in [6, 6.07) is 6.53. The minimum absolute atomic E-state index is 0.133. The Hall–Kier alpha value is -1.06. The Labute approximate surface area is 129 Å². The summed E-state index contributed by atoms with van der Waals surface area (Å²) >= 11 is 0. The van der Waals surface area contributed by atoms with Crippen LogP contribution in [0, 0.1) is 6.92 Å². The van der Waals surface area contributed by atoms with Crippen LogP contribution in [0.1, 0.15) is 64.6 Å². The van der Waals surface area contributed by atoms with Gasteiger partial charge in [-0.2, -0.15) is 0 Å². The summed E-state index contributed by atoms with van der Waals surface area (Å²) in [5.41, 5.74) is 2.34. The maximum Gasteiger partial charge on any atom is 0.120 e. The van der Waals surface area contributed by atoms with Gasteiger partial charge in [0.1, 0.15) is 5.75 Å². The van der Waals surface area contributed by atoms with E-state index in [1.807, 2.05) is 19.1 Å². The Balaban J connectivity index is 2.10. The molecule has 1 fully saturated rings. The van der Waals surface area contributed by atoms with E-state index in [0.29, 0.717) is 11.8 Å². The van der Waals surface area contributed by atoms with Gasteiger partial charge in [-0.1, -0.05) is 12.1 Å². The van der Waals surface area contributed by atoms with Crippen LogP contribution in [-0.2, 0) is 0 Å². The summed E-state index contributed by atoms with van der Waals surface area (Å²) in [7, 11) is 0. The van der Waals surface area contributed by atoms with Crippen molar-refractivity contribution in [2.24, 2.45) is 0 Å². The van der Waals surface area contributed by atoms with Crippen molar-refractivity contribution in [3.63, 3.8) is 0 Å². The van der Waals surface area contributed by atoms with Crippen LogP contribution in [0.2, 0.25) is 0 Å². The van der Waals surface area contributed by atoms with Crippen LogP contribution in [-0.4, -0.2) is 22.2 Å². The lowest BCUT2D eigenvalue weighted by atomic mass is 9.79. The molecule has 1 heterocycles. The second-order valence-corrected chi connectivity index (χ2v) is 7.95. The summed E-state index contributed by atoms with van der Waals surface area (Å²) in [6.07, 6.45) is 2.18.